The summed E-state index contributed by atoms with van der Waals surface area (Å²) in [6, 6.07) is 1.82. The predicted molar refractivity (Wildman–Crippen MR) is 65.1 cm³/mol. The molecule has 2 aromatic rings. The SMILES string of the molecule is COc1cc(-c2nc3c(s2)CNCC3)ncn1. The molecule has 0 spiro atoms. The summed E-state index contributed by atoms with van der Waals surface area (Å²) in [5.74, 6) is 0.571. The van der Waals surface area contributed by atoms with Crippen molar-refractivity contribution in [2.45, 2.75) is 13.0 Å². The standard InChI is InChI=1S/C11H12N4OS/c1-16-10-4-8(13-6-14-10)11-15-7-2-3-12-5-9(7)17-11/h4,6,12H,2-3,5H2,1H3. The maximum Gasteiger partial charge on any atom is 0.216 e. The molecule has 0 bridgehead atoms. The number of thiazole rings is 1. The van der Waals surface area contributed by atoms with E-state index in [-0.39, 0.29) is 0 Å². The molecule has 0 saturated carbocycles. The second-order valence-corrected chi connectivity index (χ2v) is 4.84. The van der Waals surface area contributed by atoms with E-state index in [1.54, 1.807) is 18.4 Å². The van der Waals surface area contributed by atoms with Gasteiger partial charge in [-0.3, -0.25) is 0 Å². The molecule has 5 nitrogen and oxygen atoms in total. The minimum absolute atomic E-state index is 0.571. The van der Waals surface area contributed by atoms with Crippen molar-refractivity contribution in [2.24, 2.45) is 0 Å². The van der Waals surface area contributed by atoms with Crippen molar-refractivity contribution in [3.63, 3.8) is 0 Å². The Morgan fingerprint density at radius 1 is 1.41 bits per heavy atom. The van der Waals surface area contributed by atoms with Gasteiger partial charge in [-0.1, -0.05) is 0 Å². The third-order valence-corrected chi connectivity index (χ3v) is 3.79. The Kier molecular flexibility index (Phi) is 2.74. The van der Waals surface area contributed by atoms with Crippen LogP contribution in [-0.4, -0.2) is 28.6 Å². The Bertz CT molecular complexity index is 517. The van der Waals surface area contributed by atoms with Crippen molar-refractivity contribution < 1.29 is 4.74 Å². The highest BCUT2D eigenvalue weighted by Crippen LogP contribution is 2.29. The number of aromatic nitrogens is 3. The molecule has 1 N–H and O–H groups in total. The van der Waals surface area contributed by atoms with Crippen LogP contribution >= 0.6 is 11.3 Å². The average molecular weight is 248 g/mol. The summed E-state index contributed by atoms with van der Waals surface area (Å²) in [5, 5.41) is 4.29. The normalized spacial score (nSPS) is 14.4. The molecule has 0 atom stereocenters. The largest absolute Gasteiger partial charge is 0.481 e. The van der Waals surface area contributed by atoms with Crippen LogP contribution in [0.15, 0.2) is 12.4 Å². The van der Waals surface area contributed by atoms with Crippen LogP contribution in [0.2, 0.25) is 0 Å². The highest BCUT2D eigenvalue weighted by molar-refractivity contribution is 7.15. The zero-order valence-electron chi connectivity index (χ0n) is 9.43. The van der Waals surface area contributed by atoms with Gasteiger partial charge in [-0.15, -0.1) is 11.3 Å². The van der Waals surface area contributed by atoms with Gasteiger partial charge in [0, 0.05) is 30.5 Å². The quantitative estimate of drug-likeness (QED) is 0.867. The van der Waals surface area contributed by atoms with Gasteiger partial charge >= 0.3 is 0 Å². The zero-order valence-corrected chi connectivity index (χ0v) is 10.3. The fraction of sp³-hybridized carbons (Fsp3) is 0.364. The highest BCUT2D eigenvalue weighted by Gasteiger charge is 2.16. The van der Waals surface area contributed by atoms with Gasteiger partial charge in [0.25, 0.3) is 0 Å². The molecule has 88 valence electrons. The molecule has 3 heterocycles. The molecule has 0 unspecified atom stereocenters. The summed E-state index contributed by atoms with van der Waals surface area (Å²) in [6.45, 7) is 1.92. The maximum atomic E-state index is 5.09. The smallest absolute Gasteiger partial charge is 0.216 e. The van der Waals surface area contributed by atoms with Crippen LogP contribution < -0.4 is 10.1 Å². The predicted octanol–water partition coefficient (Wildman–Crippen LogP) is 1.25. The van der Waals surface area contributed by atoms with Gasteiger partial charge in [-0.2, -0.15) is 0 Å². The van der Waals surface area contributed by atoms with Crippen LogP contribution in [0.3, 0.4) is 0 Å². The Labute approximate surface area is 103 Å². The minimum atomic E-state index is 0.571. The maximum absolute atomic E-state index is 5.09. The lowest BCUT2D eigenvalue weighted by molar-refractivity contribution is 0.397. The van der Waals surface area contributed by atoms with Gasteiger partial charge in [0.05, 0.1) is 12.8 Å². The number of fused-ring (bicyclic) bond motifs is 1. The Morgan fingerprint density at radius 2 is 2.35 bits per heavy atom. The Morgan fingerprint density at radius 3 is 3.18 bits per heavy atom. The lowest BCUT2D eigenvalue weighted by Gasteiger charge is -2.09. The van der Waals surface area contributed by atoms with E-state index >= 15 is 0 Å². The average Bonchev–Trinajstić information content (AvgIpc) is 2.82. The van der Waals surface area contributed by atoms with Crippen molar-refractivity contribution in [1.82, 2.24) is 20.3 Å². The number of methoxy groups -OCH3 is 1. The molecule has 0 saturated heterocycles. The summed E-state index contributed by atoms with van der Waals surface area (Å²) in [6.07, 6.45) is 2.50. The molecule has 0 aliphatic carbocycles. The Balaban J connectivity index is 2.00. The highest BCUT2D eigenvalue weighted by atomic mass is 32.1. The van der Waals surface area contributed by atoms with Gasteiger partial charge in [0.2, 0.25) is 5.88 Å². The molecular weight excluding hydrogens is 236 g/mol. The summed E-state index contributed by atoms with van der Waals surface area (Å²) < 4.78 is 5.09. The third kappa shape index (κ3) is 2.01. The minimum Gasteiger partial charge on any atom is -0.481 e. The fourth-order valence-electron chi connectivity index (χ4n) is 1.80. The van der Waals surface area contributed by atoms with Crippen molar-refractivity contribution >= 4 is 11.3 Å². The molecule has 1 aliphatic rings. The van der Waals surface area contributed by atoms with Gasteiger partial charge in [0.15, 0.2) is 0 Å². The van der Waals surface area contributed by atoms with Gasteiger partial charge in [-0.25, -0.2) is 15.0 Å². The van der Waals surface area contributed by atoms with Gasteiger partial charge in [0.1, 0.15) is 17.0 Å². The second kappa shape index (κ2) is 4.38. The summed E-state index contributed by atoms with van der Waals surface area (Å²) in [7, 11) is 1.60. The molecule has 3 rings (SSSR count). The summed E-state index contributed by atoms with van der Waals surface area (Å²) in [4.78, 5) is 14.2. The third-order valence-electron chi connectivity index (χ3n) is 2.67. The number of ether oxygens (including phenoxy) is 1. The summed E-state index contributed by atoms with van der Waals surface area (Å²) in [5.41, 5.74) is 2.03. The van der Waals surface area contributed by atoms with Crippen LogP contribution in [0.5, 0.6) is 5.88 Å². The van der Waals surface area contributed by atoms with E-state index in [0.29, 0.717) is 5.88 Å². The molecule has 2 aromatic heterocycles. The van der Waals surface area contributed by atoms with Crippen molar-refractivity contribution in [3.05, 3.63) is 23.0 Å². The lowest BCUT2D eigenvalue weighted by atomic mass is 10.2. The monoisotopic (exact) mass is 248 g/mol. The van der Waals surface area contributed by atoms with E-state index in [9.17, 15) is 0 Å². The summed E-state index contributed by atoms with van der Waals surface area (Å²) >= 11 is 1.69. The molecule has 0 fully saturated rings. The van der Waals surface area contributed by atoms with Crippen molar-refractivity contribution in [3.8, 4) is 16.6 Å². The first kappa shape index (κ1) is 10.6. The first-order chi connectivity index (χ1) is 8.36. The first-order valence-electron chi connectivity index (χ1n) is 5.42. The fourth-order valence-corrected chi connectivity index (χ4v) is 2.85. The number of hydrogen-bond donors (Lipinski definition) is 1. The number of hydrogen-bond acceptors (Lipinski definition) is 6. The first-order valence-corrected chi connectivity index (χ1v) is 6.24. The Hall–Kier alpha value is -1.53. The van der Waals surface area contributed by atoms with Gasteiger partial charge in [-0.05, 0) is 0 Å². The van der Waals surface area contributed by atoms with Crippen LogP contribution in [0.4, 0.5) is 0 Å². The molecule has 17 heavy (non-hydrogen) atoms. The van der Waals surface area contributed by atoms with E-state index in [4.69, 9.17) is 4.74 Å². The van der Waals surface area contributed by atoms with Gasteiger partial charge < -0.3 is 10.1 Å². The van der Waals surface area contributed by atoms with Crippen LogP contribution in [0, 0.1) is 0 Å². The van der Waals surface area contributed by atoms with E-state index in [2.05, 4.69) is 20.3 Å². The van der Waals surface area contributed by atoms with Crippen molar-refractivity contribution in [2.75, 3.05) is 13.7 Å². The molecule has 0 radical (unpaired) electrons. The molecule has 1 aliphatic heterocycles. The van der Waals surface area contributed by atoms with Crippen LogP contribution in [-0.2, 0) is 13.0 Å². The molecule has 0 aromatic carbocycles. The molecule has 6 heteroatoms. The number of rotatable bonds is 2. The van der Waals surface area contributed by atoms with Crippen LogP contribution in [0.25, 0.3) is 10.7 Å². The van der Waals surface area contributed by atoms with Crippen LogP contribution in [0.1, 0.15) is 10.6 Å². The molecular formula is C11H12N4OS. The number of nitrogens with one attached hydrogen (secondary N) is 1. The topological polar surface area (TPSA) is 59.9 Å². The zero-order chi connectivity index (χ0) is 11.7. The van der Waals surface area contributed by atoms with Crippen molar-refractivity contribution in [1.29, 1.82) is 0 Å². The lowest BCUT2D eigenvalue weighted by Crippen LogP contribution is -2.22. The van der Waals surface area contributed by atoms with E-state index in [1.165, 1.54) is 16.9 Å². The number of nitrogens with zero attached hydrogens (tertiary/aromatic N) is 3. The van der Waals surface area contributed by atoms with E-state index in [1.807, 2.05) is 6.07 Å². The molecule has 0 amide bonds. The van der Waals surface area contributed by atoms with E-state index < -0.39 is 0 Å². The van der Waals surface area contributed by atoms with E-state index in [0.717, 1.165) is 30.2 Å². The second-order valence-electron chi connectivity index (χ2n) is 3.76.